The van der Waals surface area contributed by atoms with Crippen LogP contribution in [-0.2, 0) is 0 Å². The molecular formula is C7H5ClFO. The van der Waals surface area contributed by atoms with Crippen LogP contribution in [0.15, 0.2) is 12.1 Å². The molecule has 10 heavy (non-hydrogen) atoms. The average Bonchev–Trinajstić information content (AvgIpc) is 1.95. The highest BCUT2D eigenvalue weighted by Crippen LogP contribution is 2.18. The maximum absolute atomic E-state index is 12.5. The molecule has 0 unspecified atom stereocenters. The third-order valence-corrected chi connectivity index (χ3v) is 1.35. The Hall–Kier alpha value is -0.760. The van der Waals surface area contributed by atoms with Gasteiger partial charge in [-0.2, -0.15) is 0 Å². The van der Waals surface area contributed by atoms with Crippen LogP contribution in [0.4, 0.5) is 4.39 Å². The van der Waals surface area contributed by atoms with Crippen molar-refractivity contribution in [1.82, 2.24) is 0 Å². The quantitative estimate of drug-likeness (QED) is 0.611. The van der Waals surface area contributed by atoms with Crippen molar-refractivity contribution < 1.29 is 9.13 Å². The van der Waals surface area contributed by atoms with Crippen LogP contribution in [-0.4, -0.2) is 7.11 Å². The van der Waals surface area contributed by atoms with Crippen LogP contribution < -0.4 is 4.74 Å². The van der Waals surface area contributed by atoms with Crippen LogP contribution >= 0.6 is 11.6 Å². The first kappa shape index (κ1) is 7.35. The maximum Gasteiger partial charge on any atom is 0.146 e. The molecule has 0 saturated heterocycles. The Bertz CT molecular complexity index is 237. The second-order valence-corrected chi connectivity index (χ2v) is 2.08. The van der Waals surface area contributed by atoms with E-state index in [1.807, 2.05) is 0 Å². The molecule has 0 saturated carbocycles. The molecule has 0 aliphatic rings. The molecule has 0 heterocycles. The molecule has 1 nitrogen and oxygen atoms in total. The molecule has 0 aromatic heterocycles. The molecule has 0 aliphatic carbocycles. The normalized spacial score (nSPS) is 9.50. The van der Waals surface area contributed by atoms with E-state index in [0.717, 1.165) is 0 Å². The number of methoxy groups -OCH3 is 1. The first-order valence-electron chi connectivity index (χ1n) is 2.65. The lowest BCUT2D eigenvalue weighted by Gasteiger charge is -1.98. The highest BCUT2D eigenvalue weighted by atomic mass is 35.5. The molecule has 3 heteroatoms. The van der Waals surface area contributed by atoms with Crippen molar-refractivity contribution in [2.24, 2.45) is 0 Å². The molecule has 0 amide bonds. The standard InChI is InChI=1S/C7H5ClFO/c1-10-5-2-3-6(8)7(9)4-5/h2,4H,1H3. The lowest BCUT2D eigenvalue weighted by atomic mass is 10.3. The number of hydrogen-bond donors (Lipinski definition) is 0. The molecule has 0 spiro atoms. The Labute approximate surface area is 63.4 Å². The largest absolute Gasteiger partial charge is 0.497 e. The zero-order valence-electron chi connectivity index (χ0n) is 5.32. The third kappa shape index (κ3) is 1.39. The van der Waals surface area contributed by atoms with Crippen LogP contribution in [0.5, 0.6) is 5.75 Å². The fourth-order valence-electron chi connectivity index (χ4n) is 0.551. The smallest absolute Gasteiger partial charge is 0.146 e. The summed E-state index contributed by atoms with van der Waals surface area (Å²) in [4.78, 5) is 0. The summed E-state index contributed by atoms with van der Waals surface area (Å²) >= 11 is 5.35. The second-order valence-electron chi connectivity index (χ2n) is 1.70. The van der Waals surface area contributed by atoms with Crippen LogP contribution in [0, 0.1) is 11.9 Å². The molecule has 0 aliphatic heterocycles. The average molecular weight is 160 g/mol. The van der Waals surface area contributed by atoms with Gasteiger partial charge in [-0.25, -0.2) is 4.39 Å². The van der Waals surface area contributed by atoms with Crippen LogP contribution in [0.25, 0.3) is 0 Å². The van der Waals surface area contributed by atoms with Gasteiger partial charge in [-0.15, -0.1) is 0 Å². The summed E-state index contributed by atoms with van der Waals surface area (Å²) < 4.78 is 17.2. The molecule has 1 radical (unpaired) electrons. The highest BCUT2D eigenvalue weighted by Gasteiger charge is 1.99. The maximum atomic E-state index is 12.5. The minimum atomic E-state index is -0.513. The Morgan fingerprint density at radius 2 is 2.40 bits per heavy atom. The van der Waals surface area contributed by atoms with E-state index in [4.69, 9.17) is 16.3 Å². The summed E-state index contributed by atoms with van der Waals surface area (Å²) in [6, 6.07) is 5.17. The van der Waals surface area contributed by atoms with E-state index in [1.54, 1.807) is 0 Å². The molecule has 0 bridgehead atoms. The summed E-state index contributed by atoms with van der Waals surface area (Å²) in [6.07, 6.45) is 0. The summed E-state index contributed by atoms with van der Waals surface area (Å²) in [6.45, 7) is 0. The number of halogens is 2. The van der Waals surface area contributed by atoms with Crippen molar-refractivity contribution in [3.63, 3.8) is 0 Å². The van der Waals surface area contributed by atoms with Crippen LogP contribution in [0.1, 0.15) is 0 Å². The Balaban J connectivity index is 3.04. The van der Waals surface area contributed by atoms with Gasteiger partial charge in [-0.3, -0.25) is 0 Å². The van der Waals surface area contributed by atoms with Gasteiger partial charge >= 0.3 is 0 Å². The summed E-state index contributed by atoms with van der Waals surface area (Å²) in [5, 5.41) is -0.0131. The van der Waals surface area contributed by atoms with Gasteiger partial charge in [0.25, 0.3) is 0 Å². The zero-order chi connectivity index (χ0) is 7.56. The number of rotatable bonds is 1. The van der Waals surface area contributed by atoms with Gasteiger partial charge in [0.2, 0.25) is 0 Å². The van der Waals surface area contributed by atoms with Crippen molar-refractivity contribution >= 4 is 11.6 Å². The Morgan fingerprint density at radius 1 is 1.70 bits per heavy atom. The molecule has 1 aromatic carbocycles. The van der Waals surface area contributed by atoms with Crippen molar-refractivity contribution in [2.75, 3.05) is 7.11 Å². The molecule has 0 atom stereocenters. The Morgan fingerprint density at radius 3 is 2.90 bits per heavy atom. The second kappa shape index (κ2) is 2.88. The monoisotopic (exact) mass is 159 g/mol. The Kier molecular flexibility index (Phi) is 2.12. The minimum absolute atomic E-state index is 0.0131. The van der Waals surface area contributed by atoms with Crippen molar-refractivity contribution in [3.05, 3.63) is 29.0 Å². The van der Waals surface area contributed by atoms with E-state index in [9.17, 15) is 4.39 Å². The molecule has 0 N–H and O–H groups in total. The van der Waals surface area contributed by atoms with Crippen LogP contribution in [0.2, 0.25) is 5.02 Å². The van der Waals surface area contributed by atoms with Gasteiger partial charge < -0.3 is 4.74 Å². The first-order chi connectivity index (χ1) is 4.74. The molecule has 1 rings (SSSR count). The van der Waals surface area contributed by atoms with E-state index in [-0.39, 0.29) is 5.02 Å². The van der Waals surface area contributed by atoms with Crippen molar-refractivity contribution in [1.29, 1.82) is 0 Å². The lowest BCUT2D eigenvalue weighted by Crippen LogP contribution is -1.84. The zero-order valence-corrected chi connectivity index (χ0v) is 6.07. The van der Waals surface area contributed by atoms with E-state index >= 15 is 0 Å². The molecule has 1 aromatic rings. The van der Waals surface area contributed by atoms with Gasteiger partial charge in [0.15, 0.2) is 0 Å². The summed E-state index contributed by atoms with van der Waals surface area (Å²) in [5.41, 5.74) is 0. The van der Waals surface area contributed by atoms with Gasteiger partial charge in [0.1, 0.15) is 11.6 Å². The molecule has 0 fully saturated rings. The third-order valence-electron chi connectivity index (χ3n) is 1.06. The van der Waals surface area contributed by atoms with Crippen LogP contribution in [0.3, 0.4) is 0 Å². The minimum Gasteiger partial charge on any atom is -0.497 e. The number of ether oxygens (including phenoxy) is 1. The van der Waals surface area contributed by atoms with Gasteiger partial charge in [-0.05, 0) is 6.07 Å². The van der Waals surface area contributed by atoms with Gasteiger partial charge in [0.05, 0.1) is 12.1 Å². The van der Waals surface area contributed by atoms with Crippen molar-refractivity contribution in [3.8, 4) is 5.75 Å². The lowest BCUT2D eigenvalue weighted by molar-refractivity contribution is 0.411. The van der Waals surface area contributed by atoms with E-state index in [0.29, 0.717) is 5.75 Å². The fraction of sp³-hybridized carbons (Fsp3) is 0.143. The van der Waals surface area contributed by atoms with E-state index in [2.05, 4.69) is 6.07 Å². The van der Waals surface area contributed by atoms with Crippen molar-refractivity contribution in [2.45, 2.75) is 0 Å². The molecular weight excluding hydrogens is 155 g/mol. The topological polar surface area (TPSA) is 9.23 Å². The summed E-state index contributed by atoms with van der Waals surface area (Å²) in [5.74, 6) is -0.0945. The molecule has 53 valence electrons. The number of benzene rings is 1. The fourth-order valence-corrected chi connectivity index (χ4v) is 0.660. The predicted molar refractivity (Wildman–Crippen MR) is 36.8 cm³/mol. The van der Waals surface area contributed by atoms with E-state index in [1.165, 1.54) is 19.2 Å². The van der Waals surface area contributed by atoms with Gasteiger partial charge in [0, 0.05) is 12.1 Å². The first-order valence-corrected chi connectivity index (χ1v) is 3.02. The highest BCUT2D eigenvalue weighted by molar-refractivity contribution is 6.30. The van der Waals surface area contributed by atoms with E-state index < -0.39 is 5.82 Å². The number of hydrogen-bond acceptors (Lipinski definition) is 1. The van der Waals surface area contributed by atoms with Gasteiger partial charge in [-0.1, -0.05) is 11.6 Å². The summed E-state index contributed by atoms with van der Waals surface area (Å²) in [7, 11) is 1.45. The SMILES string of the molecule is COc1c[c]c(Cl)c(F)c1. The predicted octanol–water partition coefficient (Wildman–Crippen LogP) is 2.29.